The molecule has 0 heterocycles. The minimum atomic E-state index is -1.00. The van der Waals surface area contributed by atoms with Gasteiger partial charge >= 0.3 is 0 Å². The summed E-state index contributed by atoms with van der Waals surface area (Å²) in [5, 5.41) is 6.83. The lowest BCUT2D eigenvalue weighted by molar-refractivity contribution is -0.148. The Labute approximate surface area is 204 Å². The number of halogens is 2. The van der Waals surface area contributed by atoms with Crippen molar-refractivity contribution in [3.05, 3.63) is 69.7 Å². The summed E-state index contributed by atoms with van der Waals surface area (Å²) in [7, 11) is 1.64. The van der Waals surface area contributed by atoms with Gasteiger partial charge in [-0.3, -0.25) is 14.4 Å². The maximum Gasteiger partial charge on any atom is 0.246 e. The zero-order valence-corrected chi connectivity index (χ0v) is 20.4. The molecular formula is C25H29Cl2N3O3. The largest absolute Gasteiger partial charge is 0.347 e. The van der Waals surface area contributed by atoms with Crippen LogP contribution in [0.15, 0.2) is 48.5 Å². The SMILES string of the molecule is CC(=O)NCC(=O)N(C)C1(C(=O)N[C@H](c2ccc(Cl)cc2)c2ccccc2Cl)CCCCC1. The zero-order valence-electron chi connectivity index (χ0n) is 18.9. The molecule has 0 aromatic heterocycles. The van der Waals surface area contributed by atoms with Crippen molar-refractivity contribution in [2.24, 2.45) is 0 Å². The summed E-state index contributed by atoms with van der Waals surface area (Å²) in [6, 6.07) is 14.1. The normalized spacial score (nSPS) is 15.9. The molecule has 1 fully saturated rings. The van der Waals surface area contributed by atoms with E-state index >= 15 is 0 Å². The Morgan fingerprint density at radius 2 is 1.64 bits per heavy atom. The lowest BCUT2D eigenvalue weighted by atomic mass is 9.79. The fraction of sp³-hybridized carbons (Fsp3) is 0.400. The van der Waals surface area contributed by atoms with Crippen molar-refractivity contribution >= 4 is 40.9 Å². The van der Waals surface area contributed by atoms with Gasteiger partial charge < -0.3 is 15.5 Å². The number of carbonyl (C=O) groups is 3. The predicted molar refractivity (Wildman–Crippen MR) is 130 cm³/mol. The first-order chi connectivity index (χ1) is 15.7. The third kappa shape index (κ3) is 5.87. The zero-order chi connectivity index (χ0) is 24.0. The van der Waals surface area contributed by atoms with Crippen molar-refractivity contribution in [1.29, 1.82) is 0 Å². The van der Waals surface area contributed by atoms with E-state index in [-0.39, 0.29) is 24.3 Å². The lowest BCUT2D eigenvalue weighted by Crippen LogP contribution is -2.61. The van der Waals surface area contributed by atoms with E-state index in [0.29, 0.717) is 22.9 Å². The van der Waals surface area contributed by atoms with Crippen LogP contribution in [-0.2, 0) is 14.4 Å². The van der Waals surface area contributed by atoms with Crippen LogP contribution in [0.4, 0.5) is 0 Å². The van der Waals surface area contributed by atoms with Crippen molar-refractivity contribution in [1.82, 2.24) is 15.5 Å². The van der Waals surface area contributed by atoms with E-state index in [4.69, 9.17) is 23.2 Å². The molecular weight excluding hydrogens is 461 g/mol. The molecule has 0 spiro atoms. The molecule has 0 radical (unpaired) electrons. The molecule has 1 atom stereocenters. The topological polar surface area (TPSA) is 78.5 Å². The third-order valence-electron chi connectivity index (χ3n) is 6.30. The maximum absolute atomic E-state index is 13.9. The Morgan fingerprint density at radius 1 is 1.00 bits per heavy atom. The highest BCUT2D eigenvalue weighted by Crippen LogP contribution is 2.36. The van der Waals surface area contributed by atoms with E-state index in [1.54, 1.807) is 25.2 Å². The average molecular weight is 490 g/mol. The van der Waals surface area contributed by atoms with Gasteiger partial charge in [0.1, 0.15) is 5.54 Å². The summed E-state index contributed by atoms with van der Waals surface area (Å²) < 4.78 is 0. The quantitative estimate of drug-likeness (QED) is 0.600. The monoisotopic (exact) mass is 489 g/mol. The van der Waals surface area contributed by atoms with Crippen LogP contribution in [0.1, 0.15) is 56.2 Å². The van der Waals surface area contributed by atoms with Gasteiger partial charge in [0.25, 0.3) is 0 Å². The first-order valence-electron chi connectivity index (χ1n) is 11.1. The molecule has 3 rings (SSSR count). The van der Waals surface area contributed by atoms with Crippen LogP contribution in [0.3, 0.4) is 0 Å². The first-order valence-corrected chi connectivity index (χ1v) is 11.8. The molecule has 2 aromatic rings. The molecule has 0 saturated heterocycles. The number of rotatable bonds is 7. The summed E-state index contributed by atoms with van der Waals surface area (Å²) >= 11 is 12.6. The molecule has 1 aliphatic rings. The van der Waals surface area contributed by atoms with Gasteiger partial charge in [-0.1, -0.05) is 72.8 Å². The van der Waals surface area contributed by atoms with Gasteiger partial charge in [0.2, 0.25) is 17.7 Å². The van der Waals surface area contributed by atoms with Gasteiger partial charge in [0.05, 0.1) is 12.6 Å². The number of benzene rings is 2. The van der Waals surface area contributed by atoms with Crippen LogP contribution in [0.2, 0.25) is 10.0 Å². The van der Waals surface area contributed by atoms with E-state index < -0.39 is 11.6 Å². The summed E-state index contributed by atoms with van der Waals surface area (Å²) in [6.07, 6.45) is 3.79. The smallest absolute Gasteiger partial charge is 0.246 e. The van der Waals surface area contributed by atoms with Gasteiger partial charge in [-0.15, -0.1) is 0 Å². The molecule has 176 valence electrons. The van der Waals surface area contributed by atoms with Crippen LogP contribution < -0.4 is 10.6 Å². The van der Waals surface area contributed by atoms with E-state index in [0.717, 1.165) is 30.4 Å². The number of hydrogen-bond acceptors (Lipinski definition) is 3. The second-order valence-electron chi connectivity index (χ2n) is 8.43. The van der Waals surface area contributed by atoms with Crippen LogP contribution in [0.5, 0.6) is 0 Å². The van der Waals surface area contributed by atoms with E-state index in [9.17, 15) is 14.4 Å². The lowest BCUT2D eigenvalue weighted by Gasteiger charge is -2.44. The van der Waals surface area contributed by atoms with Gasteiger partial charge in [-0.25, -0.2) is 0 Å². The molecule has 2 N–H and O–H groups in total. The van der Waals surface area contributed by atoms with E-state index in [1.807, 2.05) is 30.3 Å². The molecule has 33 heavy (non-hydrogen) atoms. The van der Waals surface area contributed by atoms with Crippen molar-refractivity contribution in [2.45, 2.75) is 50.6 Å². The Hall–Kier alpha value is -2.57. The van der Waals surface area contributed by atoms with E-state index in [1.165, 1.54) is 11.8 Å². The standard InChI is InChI=1S/C25H29Cl2N3O3/c1-17(31)28-16-22(32)30(2)25(14-6-3-7-15-25)24(33)29-23(18-10-12-19(26)13-11-18)20-8-4-5-9-21(20)27/h4-5,8-13,23H,3,6-7,14-16H2,1-2H3,(H,28,31)(H,29,33)/t23-/m1/s1. The van der Waals surface area contributed by atoms with Gasteiger partial charge in [-0.2, -0.15) is 0 Å². The molecule has 2 aromatic carbocycles. The highest BCUT2D eigenvalue weighted by atomic mass is 35.5. The van der Waals surface area contributed by atoms with Gasteiger partial charge in [-0.05, 0) is 42.2 Å². The van der Waals surface area contributed by atoms with Crippen molar-refractivity contribution < 1.29 is 14.4 Å². The summed E-state index contributed by atoms with van der Waals surface area (Å²) in [5.41, 5.74) is 0.590. The van der Waals surface area contributed by atoms with Crippen molar-refractivity contribution in [3.8, 4) is 0 Å². The third-order valence-corrected chi connectivity index (χ3v) is 6.90. The Morgan fingerprint density at radius 3 is 2.24 bits per heavy atom. The molecule has 3 amide bonds. The fourth-order valence-corrected chi connectivity index (χ4v) is 4.75. The van der Waals surface area contributed by atoms with Crippen LogP contribution in [0.25, 0.3) is 0 Å². The number of likely N-dealkylation sites (N-methyl/N-ethyl adjacent to an activating group) is 1. The Balaban J connectivity index is 1.95. The molecule has 0 unspecified atom stereocenters. The van der Waals surface area contributed by atoms with Crippen molar-refractivity contribution in [3.63, 3.8) is 0 Å². The van der Waals surface area contributed by atoms with Crippen LogP contribution in [0, 0.1) is 0 Å². The number of amides is 3. The van der Waals surface area contributed by atoms with Gasteiger partial charge in [0, 0.05) is 24.0 Å². The fourth-order valence-electron chi connectivity index (χ4n) is 4.38. The second-order valence-corrected chi connectivity index (χ2v) is 9.28. The first kappa shape index (κ1) is 25.1. The maximum atomic E-state index is 13.9. The number of hydrogen-bond donors (Lipinski definition) is 2. The van der Waals surface area contributed by atoms with Crippen molar-refractivity contribution in [2.75, 3.05) is 13.6 Å². The average Bonchev–Trinajstić information content (AvgIpc) is 2.82. The minimum Gasteiger partial charge on any atom is -0.347 e. The second kappa shape index (κ2) is 11.0. The number of carbonyl (C=O) groups excluding carboxylic acids is 3. The molecule has 0 aliphatic heterocycles. The predicted octanol–water partition coefficient (Wildman–Crippen LogP) is 4.50. The van der Waals surface area contributed by atoms with Crippen LogP contribution >= 0.6 is 23.2 Å². The van der Waals surface area contributed by atoms with Crippen LogP contribution in [-0.4, -0.2) is 41.8 Å². The molecule has 1 saturated carbocycles. The molecule has 1 aliphatic carbocycles. The summed E-state index contributed by atoms with van der Waals surface area (Å²) in [4.78, 5) is 39.5. The Kier molecular flexibility index (Phi) is 8.38. The van der Waals surface area contributed by atoms with E-state index in [2.05, 4.69) is 10.6 Å². The summed E-state index contributed by atoms with van der Waals surface area (Å²) in [5.74, 6) is -0.829. The highest BCUT2D eigenvalue weighted by Gasteiger charge is 2.46. The molecule has 0 bridgehead atoms. The Bertz CT molecular complexity index is 1000. The summed E-state index contributed by atoms with van der Waals surface area (Å²) in [6.45, 7) is 1.21. The number of nitrogens with one attached hydrogen (secondary N) is 2. The highest BCUT2D eigenvalue weighted by molar-refractivity contribution is 6.31. The minimum absolute atomic E-state index is 0.147. The molecule has 6 nitrogen and oxygen atoms in total. The molecule has 8 heteroatoms. The van der Waals surface area contributed by atoms with Gasteiger partial charge in [0.15, 0.2) is 0 Å². The number of nitrogens with zero attached hydrogens (tertiary/aromatic N) is 1.